The van der Waals surface area contributed by atoms with Gasteiger partial charge in [0.2, 0.25) is 16.9 Å². The number of carbonyl (C=O) groups excluding carboxylic acids is 2. The first-order chi connectivity index (χ1) is 13.4. The van der Waals surface area contributed by atoms with Crippen LogP contribution in [0.1, 0.15) is 38.2 Å². The number of rotatable bonds is 9. The van der Waals surface area contributed by atoms with Crippen molar-refractivity contribution < 1.29 is 9.59 Å². The number of hydrogen-bond donors (Lipinski definition) is 2. The van der Waals surface area contributed by atoms with Gasteiger partial charge in [-0.1, -0.05) is 49.1 Å². The van der Waals surface area contributed by atoms with E-state index in [0.717, 1.165) is 18.5 Å². The molecule has 1 fully saturated rings. The number of amides is 2. The third kappa shape index (κ3) is 6.20. The van der Waals surface area contributed by atoms with E-state index in [1.807, 2.05) is 12.1 Å². The summed E-state index contributed by atoms with van der Waals surface area (Å²) in [4.78, 5) is 25.4. The molecule has 0 radical (unpaired) electrons. The Morgan fingerprint density at radius 3 is 2.61 bits per heavy atom. The Kier molecular flexibility index (Phi) is 6.90. The number of carbonyl (C=O) groups is 2. The van der Waals surface area contributed by atoms with Crippen molar-refractivity contribution in [3.05, 3.63) is 29.8 Å². The van der Waals surface area contributed by atoms with Crippen molar-refractivity contribution in [2.75, 3.05) is 24.7 Å². The minimum Gasteiger partial charge on any atom is -0.352 e. The molecule has 1 aliphatic carbocycles. The van der Waals surface area contributed by atoms with Gasteiger partial charge in [-0.05, 0) is 36.5 Å². The molecule has 9 heteroatoms. The lowest BCUT2D eigenvalue weighted by Crippen LogP contribution is -2.39. The number of thioether (sulfide) groups is 1. The lowest BCUT2D eigenvalue weighted by Gasteiger charge is -2.16. The maximum Gasteiger partial charge on any atom is 0.239 e. The number of aromatic nitrogens is 2. The number of hydrogen-bond acceptors (Lipinski definition) is 7. The molecule has 0 spiro atoms. The van der Waals surface area contributed by atoms with Crippen molar-refractivity contribution in [3.8, 4) is 0 Å². The summed E-state index contributed by atoms with van der Waals surface area (Å²) in [5.74, 6) is 0.512. The number of benzene rings is 1. The summed E-state index contributed by atoms with van der Waals surface area (Å²) in [7, 11) is 1.64. The maximum absolute atomic E-state index is 12.2. The molecule has 0 saturated heterocycles. The molecule has 0 atom stereocenters. The van der Waals surface area contributed by atoms with Crippen LogP contribution >= 0.6 is 23.1 Å². The highest BCUT2D eigenvalue weighted by atomic mass is 32.2. The first-order valence-electron chi connectivity index (χ1n) is 9.27. The Morgan fingerprint density at radius 2 is 1.96 bits per heavy atom. The van der Waals surface area contributed by atoms with Gasteiger partial charge in [-0.3, -0.25) is 9.59 Å². The molecular weight excluding hydrogens is 394 g/mol. The second-order valence-corrected chi connectivity index (χ2v) is 9.36. The highest BCUT2D eigenvalue weighted by Gasteiger charge is 2.24. The van der Waals surface area contributed by atoms with Gasteiger partial charge in [0.1, 0.15) is 0 Å². The zero-order valence-electron chi connectivity index (χ0n) is 16.3. The molecule has 0 aliphatic heterocycles. The van der Waals surface area contributed by atoms with Crippen molar-refractivity contribution >= 4 is 45.7 Å². The van der Waals surface area contributed by atoms with Crippen molar-refractivity contribution in [2.45, 2.75) is 43.0 Å². The van der Waals surface area contributed by atoms with E-state index in [1.165, 1.54) is 33.6 Å². The Balaban J connectivity index is 1.44. The van der Waals surface area contributed by atoms with Gasteiger partial charge in [-0.25, -0.2) is 0 Å². The van der Waals surface area contributed by atoms with Crippen LogP contribution in [0.3, 0.4) is 0 Å². The molecule has 2 amide bonds. The predicted octanol–water partition coefficient (Wildman–Crippen LogP) is 3.23. The highest BCUT2D eigenvalue weighted by Crippen LogP contribution is 2.28. The molecule has 2 N–H and O–H groups in total. The molecule has 1 aromatic heterocycles. The fraction of sp³-hybridized carbons (Fsp3) is 0.474. The monoisotopic (exact) mass is 419 g/mol. The minimum absolute atomic E-state index is 0.0885. The fourth-order valence-corrected chi connectivity index (χ4v) is 4.14. The van der Waals surface area contributed by atoms with Gasteiger partial charge in [0.15, 0.2) is 4.34 Å². The first kappa shape index (κ1) is 20.6. The molecule has 7 nitrogen and oxygen atoms in total. The smallest absolute Gasteiger partial charge is 0.239 e. The third-order valence-corrected chi connectivity index (χ3v) is 6.26. The summed E-state index contributed by atoms with van der Waals surface area (Å²) in [5, 5.41) is 15.0. The molecule has 0 unspecified atom stereocenters. The number of anilines is 2. The predicted molar refractivity (Wildman–Crippen MR) is 113 cm³/mol. The van der Waals surface area contributed by atoms with Crippen LogP contribution in [-0.4, -0.2) is 52.3 Å². The topological polar surface area (TPSA) is 87.2 Å². The lowest BCUT2D eigenvalue weighted by molar-refractivity contribution is -0.132. The Labute approximate surface area is 173 Å². The van der Waals surface area contributed by atoms with Crippen LogP contribution in [0.4, 0.5) is 10.8 Å². The van der Waals surface area contributed by atoms with Crippen LogP contribution in [0, 0.1) is 0 Å². The van der Waals surface area contributed by atoms with E-state index < -0.39 is 0 Å². The van der Waals surface area contributed by atoms with E-state index in [9.17, 15) is 9.59 Å². The summed E-state index contributed by atoms with van der Waals surface area (Å²) < 4.78 is 0.713. The molecule has 0 bridgehead atoms. The van der Waals surface area contributed by atoms with E-state index in [0.29, 0.717) is 21.4 Å². The van der Waals surface area contributed by atoms with Crippen LogP contribution < -0.4 is 10.6 Å². The van der Waals surface area contributed by atoms with E-state index in [1.54, 1.807) is 7.05 Å². The second-order valence-electron chi connectivity index (χ2n) is 7.16. The highest BCUT2D eigenvalue weighted by molar-refractivity contribution is 8.01. The second kappa shape index (κ2) is 9.38. The van der Waals surface area contributed by atoms with Gasteiger partial charge >= 0.3 is 0 Å². The summed E-state index contributed by atoms with van der Waals surface area (Å²) in [5.41, 5.74) is 2.24. The summed E-state index contributed by atoms with van der Waals surface area (Å²) in [6.07, 6.45) is 2.07. The quantitative estimate of drug-likeness (QED) is 0.607. The van der Waals surface area contributed by atoms with Crippen molar-refractivity contribution in [1.29, 1.82) is 0 Å². The van der Waals surface area contributed by atoms with Crippen LogP contribution in [-0.2, 0) is 9.59 Å². The minimum atomic E-state index is -0.107. The average Bonchev–Trinajstić information content (AvgIpc) is 3.36. The van der Waals surface area contributed by atoms with Gasteiger partial charge in [-0.15, -0.1) is 10.2 Å². The Morgan fingerprint density at radius 1 is 1.25 bits per heavy atom. The van der Waals surface area contributed by atoms with Crippen molar-refractivity contribution in [3.63, 3.8) is 0 Å². The van der Waals surface area contributed by atoms with Gasteiger partial charge < -0.3 is 15.5 Å². The molecule has 1 aliphatic rings. The van der Waals surface area contributed by atoms with E-state index >= 15 is 0 Å². The van der Waals surface area contributed by atoms with E-state index in [2.05, 4.69) is 46.8 Å². The molecule has 1 aromatic carbocycles. The molecule has 28 heavy (non-hydrogen) atoms. The van der Waals surface area contributed by atoms with Crippen LogP contribution in [0.2, 0.25) is 0 Å². The fourth-order valence-electron chi connectivity index (χ4n) is 2.43. The Hall–Kier alpha value is -2.13. The zero-order valence-corrected chi connectivity index (χ0v) is 17.9. The van der Waals surface area contributed by atoms with Crippen LogP contribution in [0.5, 0.6) is 0 Å². The number of nitrogens with zero attached hydrogens (tertiary/aromatic N) is 3. The molecule has 3 rings (SSSR count). The zero-order chi connectivity index (χ0) is 20.1. The molecule has 2 aromatic rings. The van der Waals surface area contributed by atoms with Crippen LogP contribution in [0.15, 0.2) is 28.6 Å². The summed E-state index contributed by atoms with van der Waals surface area (Å²) >= 11 is 2.73. The van der Waals surface area contributed by atoms with Gasteiger partial charge in [0, 0.05) is 18.8 Å². The molecule has 1 saturated carbocycles. The Bertz CT molecular complexity index is 818. The summed E-state index contributed by atoms with van der Waals surface area (Å²) in [6.45, 7) is 4.41. The first-order valence-corrected chi connectivity index (χ1v) is 11.1. The van der Waals surface area contributed by atoms with Crippen molar-refractivity contribution in [2.24, 2.45) is 0 Å². The van der Waals surface area contributed by atoms with Gasteiger partial charge in [0.05, 0.1) is 12.3 Å². The lowest BCUT2D eigenvalue weighted by atomic mass is 10.0. The molecule has 1 heterocycles. The summed E-state index contributed by atoms with van der Waals surface area (Å²) in [6, 6.07) is 8.54. The molecular formula is C19H25N5O2S2. The average molecular weight is 420 g/mol. The third-order valence-electron chi connectivity index (χ3n) is 4.30. The van der Waals surface area contributed by atoms with Crippen molar-refractivity contribution in [1.82, 2.24) is 20.4 Å². The largest absolute Gasteiger partial charge is 0.352 e. The number of likely N-dealkylation sites (N-methyl/N-ethyl adjacent to an activating group) is 1. The number of nitrogens with one attached hydrogen (secondary N) is 2. The standard InChI is InChI=1S/C19H25N5O2S2/c1-12(2)13-4-6-15(7-5-13)21-18-22-23-19(28-18)27-11-17(26)24(3)10-16(25)20-14-8-9-14/h4-7,12,14H,8-11H2,1-3H3,(H,20,25)(H,21,22). The maximum atomic E-state index is 12.2. The van der Waals surface area contributed by atoms with E-state index in [-0.39, 0.29) is 24.1 Å². The van der Waals surface area contributed by atoms with Gasteiger partial charge in [-0.2, -0.15) is 0 Å². The normalized spacial score (nSPS) is 13.4. The van der Waals surface area contributed by atoms with E-state index in [4.69, 9.17) is 0 Å². The molecule has 150 valence electrons. The SMILES string of the molecule is CC(C)c1ccc(Nc2nnc(SCC(=O)N(C)CC(=O)NC3CC3)s2)cc1. The van der Waals surface area contributed by atoms with Crippen LogP contribution in [0.25, 0.3) is 0 Å². The van der Waals surface area contributed by atoms with Gasteiger partial charge in [0.25, 0.3) is 0 Å².